The Hall–Kier alpha value is -1.60. The molecule has 1 spiro atoms. The molecule has 1 aromatic carbocycles. The molecule has 1 unspecified atom stereocenters. The number of carbonyl (C=O) groups is 1. The number of methoxy groups -OCH3 is 1. The highest BCUT2D eigenvalue weighted by Crippen LogP contribution is 2.41. The number of amides is 1. The summed E-state index contributed by atoms with van der Waals surface area (Å²) in [4.78, 5) is 16.7. The average Bonchev–Trinajstić information content (AvgIpc) is 3.11. The van der Waals surface area contributed by atoms with E-state index < -0.39 is 11.7 Å². The minimum Gasteiger partial charge on any atom is -0.383 e. The molecule has 0 aromatic heterocycles. The smallest absolute Gasteiger partial charge is 0.383 e. The molecule has 3 rings (SSSR count). The quantitative estimate of drug-likeness (QED) is 0.813. The van der Waals surface area contributed by atoms with Crippen molar-refractivity contribution in [2.75, 3.05) is 39.9 Å². The van der Waals surface area contributed by atoms with Gasteiger partial charge in [-0.2, -0.15) is 13.2 Å². The van der Waals surface area contributed by atoms with Crippen LogP contribution in [0.15, 0.2) is 24.3 Å². The van der Waals surface area contributed by atoms with Crippen LogP contribution in [0.4, 0.5) is 13.2 Å². The molecule has 0 aliphatic carbocycles. The topological polar surface area (TPSA) is 32.8 Å². The lowest BCUT2D eigenvalue weighted by Crippen LogP contribution is -2.38. The van der Waals surface area contributed by atoms with Crippen molar-refractivity contribution in [3.05, 3.63) is 35.4 Å². The monoisotopic (exact) mass is 356 g/mol. The first-order valence-electron chi connectivity index (χ1n) is 8.51. The van der Waals surface area contributed by atoms with Gasteiger partial charge in [0.2, 0.25) is 5.91 Å². The Morgan fingerprint density at radius 3 is 2.48 bits per heavy atom. The summed E-state index contributed by atoms with van der Waals surface area (Å²) in [6, 6.07) is 5.28. The number of alkyl halides is 3. The van der Waals surface area contributed by atoms with Crippen LogP contribution in [0.5, 0.6) is 0 Å². The van der Waals surface area contributed by atoms with Crippen molar-refractivity contribution in [1.29, 1.82) is 0 Å². The van der Waals surface area contributed by atoms with Crippen molar-refractivity contribution in [1.82, 2.24) is 9.80 Å². The number of likely N-dealkylation sites (tertiary alicyclic amines) is 2. The van der Waals surface area contributed by atoms with Gasteiger partial charge in [-0.15, -0.1) is 0 Å². The lowest BCUT2D eigenvalue weighted by Gasteiger charge is -2.23. The maximum Gasteiger partial charge on any atom is 0.416 e. The molecule has 0 radical (unpaired) electrons. The van der Waals surface area contributed by atoms with E-state index in [4.69, 9.17) is 4.74 Å². The molecule has 4 nitrogen and oxygen atoms in total. The van der Waals surface area contributed by atoms with Gasteiger partial charge in [0.05, 0.1) is 17.6 Å². The Morgan fingerprint density at radius 2 is 1.84 bits per heavy atom. The summed E-state index contributed by atoms with van der Waals surface area (Å²) in [5.41, 5.74) is -0.111. The summed E-state index contributed by atoms with van der Waals surface area (Å²) < 4.78 is 42.9. The number of benzene rings is 1. The van der Waals surface area contributed by atoms with E-state index in [0.29, 0.717) is 26.2 Å². The van der Waals surface area contributed by atoms with Crippen molar-refractivity contribution in [2.45, 2.75) is 25.6 Å². The molecule has 0 saturated carbocycles. The second kappa shape index (κ2) is 6.96. The van der Waals surface area contributed by atoms with E-state index in [1.165, 1.54) is 12.1 Å². The van der Waals surface area contributed by atoms with Gasteiger partial charge in [0, 0.05) is 33.3 Å². The van der Waals surface area contributed by atoms with E-state index in [1.54, 1.807) is 7.11 Å². The van der Waals surface area contributed by atoms with Gasteiger partial charge in [-0.1, -0.05) is 12.1 Å². The van der Waals surface area contributed by atoms with Crippen molar-refractivity contribution < 1.29 is 22.7 Å². The van der Waals surface area contributed by atoms with Crippen LogP contribution in [-0.4, -0.2) is 55.6 Å². The Balaban J connectivity index is 1.59. The molecule has 138 valence electrons. The first kappa shape index (κ1) is 18.2. The molecule has 1 amide bonds. The minimum absolute atomic E-state index is 0.194. The van der Waals surface area contributed by atoms with Gasteiger partial charge in [-0.05, 0) is 37.1 Å². The zero-order valence-electron chi connectivity index (χ0n) is 14.3. The second-order valence-corrected chi connectivity index (χ2v) is 6.97. The molecule has 25 heavy (non-hydrogen) atoms. The third-order valence-corrected chi connectivity index (χ3v) is 5.29. The summed E-state index contributed by atoms with van der Waals surface area (Å²) >= 11 is 0. The largest absolute Gasteiger partial charge is 0.416 e. The van der Waals surface area contributed by atoms with Crippen molar-refractivity contribution in [3.63, 3.8) is 0 Å². The van der Waals surface area contributed by atoms with Crippen molar-refractivity contribution >= 4 is 5.91 Å². The van der Waals surface area contributed by atoms with Crippen LogP contribution < -0.4 is 0 Å². The molecule has 1 atom stereocenters. The fourth-order valence-corrected chi connectivity index (χ4v) is 3.84. The summed E-state index contributed by atoms with van der Waals surface area (Å²) in [6.07, 6.45) is -2.65. The van der Waals surface area contributed by atoms with E-state index in [-0.39, 0.29) is 11.3 Å². The lowest BCUT2D eigenvalue weighted by molar-refractivity contribution is -0.138. The Kier molecular flexibility index (Phi) is 5.06. The zero-order chi connectivity index (χ0) is 18.1. The first-order chi connectivity index (χ1) is 11.8. The molecule has 2 aliphatic rings. The van der Waals surface area contributed by atoms with Crippen LogP contribution in [0.3, 0.4) is 0 Å². The zero-order valence-corrected chi connectivity index (χ0v) is 14.3. The van der Waals surface area contributed by atoms with Crippen LogP contribution in [-0.2, 0) is 22.3 Å². The van der Waals surface area contributed by atoms with Gasteiger partial charge in [-0.3, -0.25) is 9.69 Å². The third kappa shape index (κ3) is 3.82. The van der Waals surface area contributed by atoms with Crippen LogP contribution in [0.25, 0.3) is 0 Å². The summed E-state index contributed by atoms with van der Waals surface area (Å²) in [5.74, 6) is 0.194. The van der Waals surface area contributed by atoms with Crippen molar-refractivity contribution in [2.24, 2.45) is 5.41 Å². The third-order valence-electron chi connectivity index (χ3n) is 5.29. The predicted molar refractivity (Wildman–Crippen MR) is 86.8 cm³/mol. The normalized spacial score (nSPS) is 24.6. The minimum atomic E-state index is -4.31. The highest BCUT2D eigenvalue weighted by molar-refractivity contribution is 5.85. The Morgan fingerprint density at radius 1 is 1.16 bits per heavy atom. The Bertz CT molecular complexity index is 618. The summed E-state index contributed by atoms with van der Waals surface area (Å²) in [5, 5.41) is 0. The maximum absolute atomic E-state index is 12.7. The van der Waals surface area contributed by atoms with Crippen LogP contribution in [0.1, 0.15) is 24.0 Å². The highest BCUT2D eigenvalue weighted by Gasteiger charge is 2.50. The lowest BCUT2D eigenvalue weighted by atomic mass is 9.85. The van der Waals surface area contributed by atoms with Crippen LogP contribution >= 0.6 is 0 Å². The first-order valence-corrected chi connectivity index (χ1v) is 8.51. The SMILES string of the molecule is COCCN1CCC2(CCN(Cc3ccc(C(F)(F)F)cc3)C2)C1=O. The van der Waals surface area contributed by atoms with Gasteiger partial charge in [0.25, 0.3) is 0 Å². The van der Waals surface area contributed by atoms with E-state index >= 15 is 0 Å². The highest BCUT2D eigenvalue weighted by atomic mass is 19.4. The van der Waals surface area contributed by atoms with E-state index in [1.807, 2.05) is 4.90 Å². The van der Waals surface area contributed by atoms with Gasteiger partial charge >= 0.3 is 6.18 Å². The molecular weight excluding hydrogens is 333 g/mol. The summed E-state index contributed by atoms with van der Waals surface area (Å²) in [6.45, 7) is 3.97. The molecule has 7 heteroatoms. The number of hydrogen-bond donors (Lipinski definition) is 0. The molecule has 2 saturated heterocycles. The van der Waals surface area contributed by atoms with E-state index in [9.17, 15) is 18.0 Å². The molecule has 2 heterocycles. The average molecular weight is 356 g/mol. The van der Waals surface area contributed by atoms with E-state index in [0.717, 1.165) is 43.6 Å². The molecule has 0 bridgehead atoms. The summed E-state index contributed by atoms with van der Waals surface area (Å²) in [7, 11) is 1.62. The number of hydrogen-bond acceptors (Lipinski definition) is 3. The number of ether oxygens (including phenoxy) is 1. The number of carbonyl (C=O) groups excluding carboxylic acids is 1. The fourth-order valence-electron chi connectivity index (χ4n) is 3.84. The second-order valence-electron chi connectivity index (χ2n) is 6.97. The number of rotatable bonds is 5. The van der Waals surface area contributed by atoms with E-state index in [2.05, 4.69) is 4.90 Å². The molecule has 2 fully saturated rings. The maximum atomic E-state index is 12.7. The molecule has 1 aromatic rings. The number of nitrogens with zero attached hydrogens (tertiary/aromatic N) is 2. The standard InChI is InChI=1S/C18H23F3N2O2/c1-25-11-10-23-9-7-17(16(23)24)6-8-22(13-17)12-14-2-4-15(5-3-14)18(19,20)21/h2-5H,6-13H2,1H3. The molecular formula is C18H23F3N2O2. The van der Waals surface area contributed by atoms with Gasteiger partial charge in [0.15, 0.2) is 0 Å². The van der Waals surface area contributed by atoms with Gasteiger partial charge in [0.1, 0.15) is 0 Å². The molecule has 0 N–H and O–H groups in total. The van der Waals surface area contributed by atoms with Crippen LogP contribution in [0, 0.1) is 5.41 Å². The predicted octanol–water partition coefficient (Wildman–Crippen LogP) is 2.78. The van der Waals surface area contributed by atoms with Crippen molar-refractivity contribution in [3.8, 4) is 0 Å². The number of halogens is 3. The Labute approximate surface area is 145 Å². The fraction of sp³-hybridized carbons (Fsp3) is 0.611. The molecule has 2 aliphatic heterocycles. The van der Waals surface area contributed by atoms with Gasteiger partial charge < -0.3 is 9.64 Å². The van der Waals surface area contributed by atoms with Crippen LogP contribution in [0.2, 0.25) is 0 Å². The van der Waals surface area contributed by atoms with Gasteiger partial charge in [-0.25, -0.2) is 0 Å².